The molecule has 1 heteroatoms. The van der Waals surface area contributed by atoms with E-state index in [1.807, 2.05) is 0 Å². The molecule has 1 aromatic rings. The van der Waals surface area contributed by atoms with Crippen LogP contribution in [-0.4, -0.2) is 0 Å². The monoisotopic (exact) mass is 236 g/mol. The molecule has 2 fully saturated rings. The summed E-state index contributed by atoms with van der Waals surface area (Å²) < 4.78 is 1.32. The molecule has 0 bridgehead atoms. The summed E-state index contributed by atoms with van der Waals surface area (Å²) in [7, 11) is 0. The van der Waals surface area contributed by atoms with Gasteiger partial charge in [0.25, 0.3) is 0 Å². The van der Waals surface area contributed by atoms with Crippen LogP contribution in [-0.2, 0) is 0 Å². The maximum Gasteiger partial charge on any atom is 0.0210 e. The van der Waals surface area contributed by atoms with Gasteiger partial charge in [0.05, 0.1) is 0 Å². The summed E-state index contributed by atoms with van der Waals surface area (Å²) in [4.78, 5) is 0. The molecule has 1 aromatic carbocycles. The van der Waals surface area contributed by atoms with E-state index in [-0.39, 0.29) is 0 Å². The first-order valence-corrected chi connectivity index (χ1v) is 5.93. The third-order valence-corrected chi connectivity index (χ3v) is 3.81. The van der Waals surface area contributed by atoms with Crippen LogP contribution in [0.1, 0.15) is 48.6 Å². The molecule has 0 unspecified atom stereocenters. The van der Waals surface area contributed by atoms with Crippen LogP contribution in [0.15, 0.2) is 22.7 Å². The van der Waals surface area contributed by atoms with E-state index in [1.165, 1.54) is 30.2 Å². The SMILES string of the molecule is Brc1ccc(C2CC2)cc1C1CC1. The van der Waals surface area contributed by atoms with Gasteiger partial charge in [0.2, 0.25) is 0 Å². The average molecular weight is 237 g/mol. The van der Waals surface area contributed by atoms with E-state index in [0.29, 0.717) is 0 Å². The molecule has 0 N–H and O–H groups in total. The van der Waals surface area contributed by atoms with Crippen LogP contribution in [0.3, 0.4) is 0 Å². The van der Waals surface area contributed by atoms with Gasteiger partial charge in [0.15, 0.2) is 0 Å². The van der Waals surface area contributed by atoms with Crippen molar-refractivity contribution in [1.29, 1.82) is 0 Å². The van der Waals surface area contributed by atoms with Crippen molar-refractivity contribution in [2.75, 3.05) is 0 Å². The van der Waals surface area contributed by atoms with Crippen molar-refractivity contribution in [2.24, 2.45) is 0 Å². The van der Waals surface area contributed by atoms with Crippen molar-refractivity contribution in [3.8, 4) is 0 Å². The Bertz CT molecular complexity index is 335. The van der Waals surface area contributed by atoms with Gasteiger partial charge >= 0.3 is 0 Å². The first-order chi connectivity index (χ1) is 6.34. The maximum absolute atomic E-state index is 3.64. The molecular formula is C12H13Br. The lowest BCUT2D eigenvalue weighted by Crippen LogP contribution is -1.86. The van der Waals surface area contributed by atoms with E-state index in [1.54, 1.807) is 11.1 Å². The minimum Gasteiger partial charge on any atom is -0.0576 e. The summed E-state index contributed by atoms with van der Waals surface area (Å²) in [6.07, 6.45) is 5.61. The van der Waals surface area contributed by atoms with Crippen molar-refractivity contribution in [3.05, 3.63) is 33.8 Å². The van der Waals surface area contributed by atoms with E-state index in [2.05, 4.69) is 34.1 Å². The van der Waals surface area contributed by atoms with Gasteiger partial charge in [-0.3, -0.25) is 0 Å². The van der Waals surface area contributed by atoms with Crippen molar-refractivity contribution in [1.82, 2.24) is 0 Å². The predicted octanol–water partition coefficient (Wildman–Crippen LogP) is 4.20. The highest BCUT2D eigenvalue weighted by Gasteiger charge is 2.28. The molecule has 0 spiro atoms. The Balaban J connectivity index is 1.99. The maximum atomic E-state index is 3.64. The minimum absolute atomic E-state index is 0.869. The van der Waals surface area contributed by atoms with Gasteiger partial charge in [-0.05, 0) is 54.7 Å². The molecule has 68 valence electrons. The Morgan fingerprint density at radius 1 is 1.00 bits per heavy atom. The zero-order valence-electron chi connectivity index (χ0n) is 7.59. The van der Waals surface area contributed by atoms with Gasteiger partial charge in [-0.25, -0.2) is 0 Å². The zero-order valence-corrected chi connectivity index (χ0v) is 9.18. The Morgan fingerprint density at radius 2 is 1.69 bits per heavy atom. The molecule has 2 saturated carbocycles. The molecule has 0 nitrogen and oxygen atoms in total. The Labute approximate surface area is 87.5 Å². The van der Waals surface area contributed by atoms with Crippen molar-refractivity contribution in [3.63, 3.8) is 0 Å². The van der Waals surface area contributed by atoms with E-state index < -0.39 is 0 Å². The standard InChI is InChI=1S/C12H13Br/c13-12-6-5-10(8-1-2-8)7-11(12)9-3-4-9/h5-9H,1-4H2. The summed E-state index contributed by atoms with van der Waals surface area (Å²) in [5.41, 5.74) is 3.13. The highest BCUT2D eigenvalue weighted by molar-refractivity contribution is 9.10. The van der Waals surface area contributed by atoms with Gasteiger partial charge in [-0.1, -0.05) is 28.1 Å². The largest absolute Gasteiger partial charge is 0.0576 e. The lowest BCUT2D eigenvalue weighted by Gasteiger charge is -2.05. The summed E-state index contributed by atoms with van der Waals surface area (Å²) in [6.45, 7) is 0. The molecule has 13 heavy (non-hydrogen) atoms. The molecule has 2 aliphatic rings. The molecule has 0 saturated heterocycles. The van der Waals surface area contributed by atoms with Crippen LogP contribution in [0.4, 0.5) is 0 Å². The molecule has 3 rings (SSSR count). The number of benzene rings is 1. The Kier molecular flexibility index (Phi) is 1.76. The fraction of sp³-hybridized carbons (Fsp3) is 0.500. The highest BCUT2D eigenvalue weighted by Crippen LogP contribution is 2.46. The van der Waals surface area contributed by atoms with E-state index in [9.17, 15) is 0 Å². The van der Waals surface area contributed by atoms with Gasteiger partial charge in [0.1, 0.15) is 0 Å². The second-order valence-electron chi connectivity index (χ2n) is 4.33. The van der Waals surface area contributed by atoms with Gasteiger partial charge in [-0.2, -0.15) is 0 Å². The summed E-state index contributed by atoms with van der Waals surface area (Å²) in [5, 5.41) is 0. The number of rotatable bonds is 2. The fourth-order valence-corrected chi connectivity index (χ4v) is 2.51. The molecule has 0 aromatic heterocycles. The predicted molar refractivity (Wildman–Crippen MR) is 58.1 cm³/mol. The van der Waals surface area contributed by atoms with Crippen LogP contribution in [0.5, 0.6) is 0 Å². The number of hydrogen-bond acceptors (Lipinski definition) is 0. The molecule has 2 aliphatic carbocycles. The zero-order chi connectivity index (χ0) is 8.84. The van der Waals surface area contributed by atoms with Crippen molar-refractivity contribution in [2.45, 2.75) is 37.5 Å². The van der Waals surface area contributed by atoms with E-state index in [4.69, 9.17) is 0 Å². The molecular weight excluding hydrogens is 224 g/mol. The number of halogens is 1. The van der Waals surface area contributed by atoms with Gasteiger partial charge < -0.3 is 0 Å². The smallest absolute Gasteiger partial charge is 0.0210 e. The molecule has 0 aliphatic heterocycles. The van der Waals surface area contributed by atoms with Crippen LogP contribution < -0.4 is 0 Å². The topological polar surface area (TPSA) is 0 Å². The second-order valence-corrected chi connectivity index (χ2v) is 5.18. The Hall–Kier alpha value is -0.300. The molecule has 0 heterocycles. The molecule has 0 atom stereocenters. The lowest BCUT2D eigenvalue weighted by molar-refractivity contribution is 1.06. The first-order valence-electron chi connectivity index (χ1n) is 5.14. The molecule has 0 amide bonds. The average Bonchev–Trinajstić information content (AvgIpc) is 3.00. The third-order valence-electron chi connectivity index (χ3n) is 3.09. The normalized spacial score (nSPS) is 21.9. The Morgan fingerprint density at radius 3 is 2.31 bits per heavy atom. The summed E-state index contributed by atoms with van der Waals surface area (Å²) in [6, 6.07) is 6.95. The van der Waals surface area contributed by atoms with Crippen molar-refractivity contribution >= 4 is 15.9 Å². The van der Waals surface area contributed by atoms with Crippen LogP contribution in [0.25, 0.3) is 0 Å². The number of hydrogen-bond donors (Lipinski definition) is 0. The summed E-state index contributed by atoms with van der Waals surface area (Å²) >= 11 is 3.64. The van der Waals surface area contributed by atoms with Crippen LogP contribution in [0, 0.1) is 0 Å². The first kappa shape index (κ1) is 8.05. The van der Waals surface area contributed by atoms with Gasteiger partial charge in [-0.15, -0.1) is 0 Å². The van der Waals surface area contributed by atoms with E-state index >= 15 is 0 Å². The van der Waals surface area contributed by atoms with Crippen LogP contribution >= 0.6 is 15.9 Å². The summed E-state index contributed by atoms with van der Waals surface area (Å²) in [5.74, 6) is 1.76. The minimum atomic E-state index is 0.869. The highest BCUT2D eigenvalue weighted by atomic mass is 79.9. The quantitative estimate of drug-likeness (QED) is 0.722. The fourth-order valence-electron chi connectivity index (χ4n) is 1.94. The lowest BCUT2D eigenvalue weighted by atomic mass is 10.0. The van der Waals surface area contributed by atoms with Crippen LogP contribution in [0.2, 0.25) is 0 Å². The third kappa shape index (κ3) is 1.54. The molecule has 0 radical (unpaired) electrons. The van der Waals surface area contributed by atoms with E-state index in [0.717, 1.165) is 11.8 Å². The van der Waals surface area contributed by atoms with Crippen molar-refractivity contribution < 1.29 is 0 Å². The van der Waals surface area contributed by atoms with Gasteiger partial charge in [0, 0.05) is 4.47 Å². The second kappa shape index (κ2) is 2.84.